The molecule has 0 spiro atoms. The van der Waals surface area contributed by atoms with Gasteiger partial charge in [0, 0.05) is 13.1 Å². The fourth-order valence-electron chi connectivity index (χ4n) is 2.21. The van der Waals surface area contributed by atoms with Gasteiger partial charge >= 0.3 is 0 Å². The van der Waals surface area contributed by atoms with Crippen LogP contribution in [0.15, 0.2) is 9.64 Å². The molecule has 0 saturated heterocycles. The summed E-state index contributed by atoms with van der Waals surface area (Å²) in [5.74, 6) is 0.448. The van der Waals surface area contributed by atoms with Gasteiger partial charge in [-0.05, 0) is 33.4 Å². The smallest absolute Gasteiger partial charge is 0.277 e. The average molecular weight is 355 g/mol. The monoisotopic (exact) mass is 355 g/mol. The van der Waals surface area contributed by atoms with Crippen molar-refractivity contribution in [3.63, 3.8) is 0 Å². The Morgan fingerprint density at radius 2 is 2.04 bits per heavy atom. The third-order valence-corrected chi connectivity index (χ3v) is 4.59. The number of likely N-dealkylation sites (N-methyl/N-ethyl adjacent to an activating group) is 1. The number of carbonyl (C=O) groups is 2. The summed E-state index contributed by atoms with van der Waals surface area (Å²) in [5, 5.41) is 11.3. The predicted molar refractivity (Wildman–Crippen MR) is 90.5 cm³/mol. The van der Waals surface area contributed by atoms with Crippen LogP contribution in [-0.2, 0) is 9.59 Å². The van der Waals surface area contributed by atoms with Crippen LogP contribution in [-0.4, -0.2) is 71.3 Å². The van der Waals surface area contributed by atoms with Gasteiger partial charge in [0.25, 0.3) is 5.22 Å². The van der Waals surface area contributed by atoms with Crippen LogP contribution in [0, 0.1) is 0 Å². The summed E-state index contributed by atoms with van der Waals surface area (Å²) in [4.78, 5) is 27.2. The minimum absolute atomic E-state index is 0.0661. The molecule has 2 amide bonds. The zero-order valence-corrected chi connectivity index (χ0v) is 15.4. The van der Waals surface area contributed by atoms with Gasteiger partial charge < -0.3 is 14.6 Å². The Kier molecular flexibility index (Phi) is 6.61. The average Bonchev–Trinajstić information content (AvgIpc) is 3.21. The summed E-state index contributed by atoms with van der Waals surface area (Å²) in [6.45, 7) is 2.12. The van der Waals surface area contributed by atoms with Gasteiger partial charge in [-0.15, -0.1) is 10.2 Å². The Bertz CT molecular complexity index is 573. The van der Waals surface area contributed by atoms with Crippen molar-refractivity contribution >= 4 is 23.6 Å². The van der Waals surface area contributed by atoms with E-state index >= 15 is 0 Å². The number of nitrogens with zero attached hydrogens (tertiary/aromatic N) is 4. The molecule has 1 atom stereocenters. The maximum atomic E-state index is 12.1. The number of rotatable bonds is 9. The summed E-state index contributed by atoms with van der Waals surface area (Å²) in [5.41, 5.74) is 0. The first-order valence-corrected chi connectivity index (χ1v) is 9.05. The molecule has 1 aromatic rings. The largest absolute Gasteiger partial charge is 0.414 e. The van der Waals surface area contributed by atoms with E-state index in [0.717, 1.165) is 19.3 Å². The van der Waals surface area contributed by atoms with Gasteiger partial charge in [-0.3, -0.25) is 14.5 Å². The lowest BCUT2D eigenvalue weighted by molar-refractivity contribution is -0.132. The Morgan fingerprint density at radius 3 is 2.62 bits per heavy atom. The molecule has 1 aromatic heterocycles. The Labute approximate surface area is 146 Å². The van der Waals surface area contributed by atoms with Crippen LogP contribution >= 0.6 is 11.8 Å². The van der Waals surface area contributed by atoms with Gasteiger partial charge in [-0.2, -0.15) is 0 Å². The molecule has 1 N–H and O–H groups in total. The number of hydrogen-bond acceptors (Lipinski definition) is 7. The van der Waals surface area contributed by atoms with Crippen molar-refractivity contribution < 1.29 is 14.0 Å². The quantitative estimate of drug-likeness (QED) is 0.658. The molecule has 1 saturated carbocycles. The minimum Gasteiger partial charge on any atom is -0.414 e. The van der Waals surface area contributed by atoms with Crippen molar-refractivity contribution in [1.29, 1.82) is 0 Å². The molecule has 0 radical (unpaired) electrons. The van der Waals surface area contributed by atoms with Crippen LogP contribution in [0.4, 0.5) is 0 Å². The van der Waals surface area contributed by atoms with Crippen molar-refractivity contribution in [3.05, 3.63) is 5.89 Å². The predicted octanol–water partition coefficient (Wildman–Crippen LogP) is 0.911. The summed E-state index contributed by atoms with van der Waals surface area (Å²) in [7, 11) is 5.53. The molecule has 0 unspecified atom stereocenters. The van der Waals surface area contributed by atoms with E-state index in [2.05, 4.69) is 15.5 Å². The first kappa shape index (κ1) is 18.7. The second-order valence-electron chi connectivity index (χ2n) is 6.17. The minimum atomic E-state index is -0.148. The summed E-state index contributed by atoms with van der Waals surface area (Å²) < 4.78 is 5.62. The first-order chi connectivity index (χ1) is 11.4. The van der Waals surface area contributed by atoms with E-state index in [1.54, 1.807) is 7.05 Å². The number of carbonyl (C=O) groups excluding carboxylic acids is 2. The maximum Gasteiger partial charge on any atom is 0.277 e. The van der Waals surface area contributed by atoms with Crippen molar-refractivity contribution in [3.8, 4) is 0 Å². The molecule has 0 aromatic carbocycles. The van der Waals surface area contributed by atoms with Crippen LogP contribution in [0.2, 0.25) is 0 Å². The number of thioether (sulfide) groups is 1. The van der Waals surface area contributed by atoms with Crippen LogP contribution in [0.3, 0.4) is 0 Å². The topological polar surface area (TPSA) is 91.6 Å². The molecule has 24 heavy (non-hydrogen) atoms. The third-order valence-electron chi connectivity index (χ3n) is 3.79. The molecular formula is C15H25N5O3S. The second-order valence-corrected chi connectivity index (χ2v) is 7.10. The highest BCUT2D eigenvalue weighted by molar-refractivity contribution is 7.99. The number of amides is 2. The van der Waals surface area contributed by atoms with Crippen LogP contribution in [0.5, 0.6) is 0 Å². The van der Waals surface area contributed by atoms with Gasteiger partial charge in [0.2, 0.25) is 17.7 Å². The lowest BCUT2D eigenvalue weighted by atomic mass is 10.2. The fraction of sp³-hybridized carbons (Fsp3) is 0.733. The summed E-state index contributed by atoms with van der Waals surface area (Å²) in [6, 6.07) is 0.367. The highest BCUT2D eigenvalue weighted by Gasteiger charge is 2.24. The third kappa shape index (κ3) is 5.48. The van der Waals surface area contributed by atoms with E-state index in [0.29, 0.717) is 17.2 Å². The fourth-order valence-corrected chi connectivity index (χ4v) is 2.92. The van der Waals surface area contributed by atoms with Crippen LogP contribution in [0.25, 0.3) is 0 Å². The molecule has 0 aliphatic heterocycles. The van der Waals surface area contributed by atoms with Gasteiger partial charge in [0.15, 0.2) is 0 Å². The van der Waals surface area contributed by atoms with E-state index in [1.165, 1.54) is 16.7 Å². The molecule has 1 fully saturated rings. The van der Waals surface area contributed by atoms with Crippen LogP contribution < -0.4 is 5.32 Å². The Hall–Kier alpha value is -1.61. The normalized spacial score (nSPS) is 15.4. The summed E-state index contributed by atoms with van der Waals surface area (Å²) in [6.07, 6.45) is 2.92. The molecule has 1 aliphatic carbocycles. The van der Waals surface area contributed by atoms with Gasteiger partial charge in [-0.25, -0.2) is 0 Å². The molecule has 2 rings (SSSR count). The van der Waals surface area contributed by atoms with E-state index in [4.69, 9.17) is 4.42 Å². The second kappa shape index (κ2) is 8.48. The van der Waals surface area contributed by atoms with Gasteiger partial charge in [0.1, 0.15) is 0 Å². The van der Waals surface area contributed by atoms with E-state index in [9.17, 15) is 9.59 Å². The van der Waals surface area contributed by atoms with Gasteiger partial charge in [-0.1, -0.05) is 18.7 Å². The first-order valence-electron chi connectivity index (χ1n) is 8.06. The standard InChI is InChI=1S/C15H25N5O3S/c1-5-11(19(2)3)14-17-18-15(23-14)24-9-13(22)20(4)8-12(21)16-10-6-7-10/h10-11H,5-9H2,1-4H3,(H,16,21)/t11-/m1/s1. The number of nitrogens with one attached hydrogen (secondary N) is 1. The van der Waals surface area contributed by atoms with E-state index in [-0.39, 0.29) is 30.2 Å². The highest BCUT2D eigenvalue weighted by Crippen LogP contribution is 2.24. The van der Waals surface area contributed by atoms with Crippen molar-refractivity contribution in [2.45, 2.75) is 43.5 Å². The van der Waals surface area contributed by atoms with Crippen molar-refractivity contribution in [2.24, 2.45) is 0 Å². The molecule has 134 valence electrons. The van der Waals surface area contributed by atoms with Gasteiger partial charge in [0.05, 0.1) is 18.3 Å². The molecule has 9 heteroatoms. The van der Waals surface area contributed by atoms with Crippen molar-refractivity contribution in [1.82, 2.24) is 25.3 Å². The summed E-state index contributed by atoms with van der Waals surface area (Å²) >= 11 is 1.19. The molecular weight excluding hydrogens is 330 g/mol. The van der Waals surface area contributed by atoms with Crippen molar-refractivity contribution in [2.75, 3.05) is 33.4 Å². The molecule has 1 aliphatic rings. The number of hydrogen-bond donors (Lipinski definition) is 1. The van der Waals surface area contributed by atoms with E-state index in [1.807, 2.05) is 25.9 Å². The van der Waals surface area contributed by atoms with Crippen LogP contribution in [0.1, 0.15) is 38.1 Å². The zero-order chi connectivity index (χ0) is 17.7. The molecule has 8 nitrogen and oxygen atoms in total. The SMILES string of the molecule is CC[C@H](c1nnc(SCC(=O)N(C)CC(=O)NC2CC2)o1)N(C)C. The molecule has 1 heterocycles. The molecule has 0 bridgehead atoms. The Balaban J connectivity index is 1.78. The Morgan fingerprint density at radius 1 is 1.33 bits per heavy atom. The highest BCUT2D eigenvalue weighted by atomic mass is 32.2. The van der Waals surface area contributed by atoms with E-state index < -0.39 is 0 Å². The number of aromatic nitrogens is 2. The lowest BCUT2D eigenvalue weighted by Gasteiger charge is -2.18. The lowest BCUT2D eigenvalue weighted by Crippen LogP contribution is -2.39. The maximum absolute atomic E-state index is 12.1. The zero-order valence-electron chi connectivity index (χ0n) is 14.6.